The summed E-state index contributed by atoms with van der Waals surface area (Å²) in [5.41, 5.74) is 2.06. The van der Waals surface area contributed by atoms with Crippen molar-refractivity contribution in [2.24, 2.45) is 0 Å². The van der Waals surface area contributed by atoms with Gasteiger partial charge in [0.1, 0.15) is 5.69 Å². The van der Waals surface area contributed by atoms with Crippen LogP contribution in [-0.4, -0.2) is 21.2 Å². The summed E-state index contributed by atoms with van der Waals surface area (Å²) in [6, 6.07) is 11.0. The number of nitrogens with zero attached hydrogens (tertiary/aromatic N) is 1. The molecule has 0 aliphatic rings. The van der Waals surface area contributed by atoms with E-state index in [9.17, 15) is 4.79 Å². The fourth-order valence-corrected chi connectivity index (χ4v) is 2.40. The van der Waals surface area contributed by atoms with Gasteiger partial charge in [-0.25, -0.2) is 9.78 Å². The fourth-order valence-electron chi connectivity index (χ4n) is 1.53. The number of carboxylic acid groups (broad SMARTS) is 1. The Balaban J connectivity index is 2.01. The van der Waals surface area contributed by atoms with E-state index in [0.717, 1.165) is 21.8 Å². The van der Waals surface area contributed by atoms with Gasteiger partial charge in [-0.1, -0.05) is 24.3 Å². The quantitative estimate of drug-likeness (QED) is 0.821. The molecule has 2 N–H and O–H groups in total. The molecule has 19 heavy (non-hydrogen) atoms. The van der Waals surface area contributed by atoms with Gasteiger partial charge in [-0.3, -0.25) is 0 Å². The second-order valence-electron chi connectivity index (χ2n) is 3.95. The monoisotopic (exact) mass is 275 g/mol. The average Bonchev–Trinajstić information content (AvgIpc) is 2.46. The number of aliphatic hydroxyl groups excluding tert-OH is 1. The summed E-state index contributed by atoms with van der Waals surface area (Å²) >= 11 is 1.55. The van der Waals surface area contributed by atoms with Crippen LogP contribution in [0.5, 0.6) is 0 Å². The maximum atomic E-state index is 10.8. The molecule has 0 saturated carbocycles. The van der Waals surface area contributed by atoms with Crippen molar-refractivity contribution in [2.75, 3.05) is 0 Å². The third kappa shape index (κ3) is 3.81. The van der Waals surface area contributed by atoms with Crippen LogP contribution < -0.4 is 0 Å². The van der Waals surface area contributed by atoms with Crippen LogP contribution >= 0.6 is 11.8 Å². The SMILES string of the molecule is O=C(O)c1cc(SCc2ccc(CO)cc2)ccn1. The number of thioether (sulfide) groups is 1. The van der Waals surface area contributed by atoms with E-state index in [1.54, 1.807) is 23.9 Å². The largest absolute Gasteiger partial charge is 0.477 e. The first kappa shape index (κ1) is 13.6. The minimum absolute atomic E-state index is 0.0414. The molecule has 2 aromatic rings. The van der Waals surface area contributed by atoms with Crippen LogP contribution in [0.2, 0.25) is 0 Å². The molecule has 0 fully saturated rings. The molecule has 0 aliphatic heterocycles. The number of aromatic nitrogens is 1. The molecule has 0 radical (unpaired) electrons. The van der Waals surface area contributed by atoms with Crippen LogP contribution in [0, 0.1) is 0 Å². The number of rotatable bonds is 5. The van der Waals surface area contributed by atoms with Crippen molar-refractivity contribution >= 4 is 17.7 Å². The van der Waals surface area contributed by atoms with Crippen molar-refractivity contribution in [3.8, 4) is 0 Å². The Morgan fingerprint density at radius 1 is 1.16 bits per heavy atom. The van der Waals surface area contributed by atoms with Gasteiger partial charge in [-0.15, -0.1) is 11.8 Å². The van der Waals surface area contributed by atoms with Crippen LogP contribution in [0.3, 0.4) is 0 Å². The molecule has 0 atom stereocenters. The predicted octanol–water partition coefficient (Wildman–Crippen LogP) is 2.56. The second kappa shape index (κ2) is 6.36. The third-order valence-electron chi connectivity index (χ3n) is 2.56. The first-order valence-corrected chi connectivity index (χ1v) is 6.68. The van der Waals surface area contributed by atoms with E-state index in [4.69, 9.17) is 10.2 Å². The number of pyridine rings is 1. The standard InChI is InChI=1S/C14H13NO3S/c16-8-10-1-3-11(4-2-10)9-19-12-5-6-15-13(7-12)14(17)18/h1-7,16H,8-9H2,(H,17,18). The van der Waals surface area contributed by atoms with Gasteiger partial charge in [-0.2, -0.15) is 0 Å². The van der Waals surface area contributed by atoms with Gasteiger partial charge < -0.3 is 10.2 Å². The van der Waals surface area contributed by atoms with E-state index in [1.807, 2.05) is 24.3 Å². The van der Waals surface area contributed by atoms with Crippen molar-refractivity contribution in [2.45, 2.75) is 17.3 Å². The Hall–Kier alpha value is -1.85. The Labute approximate surface area is 115 Å². The lowest BCUT2D eigenvalue weighted by Gasteiger charge is -2.04. The normalized spacial score (nSPS) is 10.4. The Kier molecular flexibility index (Phi) is 4.54. The first-order valence-electron chi connectivity index (χ1n) is 5.70. The molecule has 98 valence electrons. The zero-order chi connectivity index (χ0) is 13.7. The molecule has 0 aliphatic carbocycles. The van der Waals surface area contributed by atoms with E-state index < -0.39 is 5.97 Å². The van der Waals surface area contributed by atoms with Gasteiger partial charge in [-0.05, 0) is 23.3 Å². The van der Waals surface area contributed by atoms with Crippen LogP contribution in [0.15, 0.2) is 47.5 Å². The molecule has 0 amide bonds. The minimum Gasteiger partial charge on any atom is -0.477 e. The van der Waals surface area contributed by atoms with Crippen LogP contribution in [0.4, 0.5) is 0 Å². The Morgan fingerprint density at radius 3 is 2.47 bits per heavy atom. The minimum atomic E-state index is -1.02. The first-order chi connectivity index (χ1) is 9.19. The molecule has 0 spiro atoms. The van der Waals surface area contributed by atoms with E-state index in [1.165, 1.54) is 6.20 Å². The number of benzene rings is 1. The third-order valence-corrected chi connectivity index (χ3v) is 3.63. The van der Waals surface area contributed by atoms with Gasteiger partial charge in [0.2, 0.25) is 0 Å². The fraction of sp³-hybridized carbons (Fsp3) is 0.143. The van der Waals surface area contributed by atoms with Crippen molar-refractivity contribution in [1.82, 2.24) is 4.98 Å². The highest BCUT2D eigenvalue weighted by Gasteiger charge is 2.05. The molecule has 1 heterocycles. The lowest BCUT2D eigenvalue weighted by Crippen LogP contribution is -1.99. The molecule has 4 nitrogen and oxygen atoms in total. The van der Waals surface area contributed by atoms with E-state index in [-0.39, 0.29) is 12.3 Å². The number of aromatic carboxylic acids is 1. The zero-order valence-electron chi connectivity index (χ0n) is 10.1. The Bertz CT molecular complexity index is 569. The predicted molar refractivity (Wildman–Crippen MR) is 73.1 cm³/mol. The summed E-state index contributed by atoms with van der Waals surface area (Å²) in [5.74, 6) is -0.274. The molecule has 1 aromatic heterocycles. The van der Waals surface area contributed by atoms with Gasteiger partial charge >= 0.3 is 5.97 Å². The van der Waals surface area contributed by atoms with Crippen molar-refractivity contribution in [3.63, 3.8) is 0 Å². The van der Waals surface area contributed by atoms with Gasteiger partial charge in [0.25, 0.3) is 0 Å². The number of carbonyl (C=O) groups is 1. The Morgan fingerprint density at radius 2 is 1.84 bits per heavy atom. The topological polar surface area (TPSA) is 70.4 Å². The smallest absolute Gasteiger partial charge is 0.354 e. The number of carboxylic acids is 1. The number of aliphatic hydroxyl groups is 1. The van der Waals surface area contributed by atoms with Crippen molar-refractivity contribution < 1.29 is 15.0 Å². The van der Waals surface area contributed by atoms with Crippen LogP contribution in [-0.2, 0) is 12.4 Å². The highest BCUT2D eigenvalue weighted by molar-refractivity contribution is 7.98. The lowest BCUT2D eigenvalue weighted by atomic mass is 10.2. The van der Waals surface area contributed by atoms with Gasteiger partial charge in [0, 0.05) is 16.8 Å². The summed E-state index contributed by atoms with van der Waals surface area (Å²) in [6.45, 7) is 0.0414. The maximum absolute atomic E-state index is 10.8. The molecule has 2 rings (SSSR count). The average molecular weight is 275 g/mol. The van der Waals surface area contributed by atoms with E-state index in [2.05, 4.69) is 4.98 Å². The number of hydrogen-bond acceptors (Lipinski definition) is 4. The van der Waals surface area contributed by atoms with E-state index >= 15 is 0 Å². The summed E-state index contributed by atoms with van der Waals surface area (Å²) in [4.78, 5) is 15.5. The molecule has 5 heteroatoms. The highest BCUT2D eigenvalue weighted by atomic mass is 32.2. The summed E-state index contributed by atoms with van der Waals surface area (Å²) in [7, 11) is 0. The molecular formula is C14H13NO3S. The molecule has 0 unspecified atom stereocenters. The summed E-state index contributed by atoms with van der Waals surface area (Å²) in [6.07, 6.45) is 1.50. The second-order valence-corrected chi connectivity index (χ2v) is 4.99. The summed E-state index contributed by atoms with van der Waals surface area (Å²) < 4.78 is 0. The summed E-state index contributed by atoms with van der Waals surface area (Å²) in [5, 5.41) is 17.8. The van der Waals surface area contributed by atoms with E-state index in [0.29, 0.717) is 0 Å². The molecule has 0 saturated heterocycles. The van der Waals surface area contributed by atoms with Crippen LogP contribution in [0.1, 0.15) is 21.6 Å². The van der Waals surface area contributed by atoms with Gasteiger partial charge in [0.15, 0.2) is 0 Å². The highest BCUT2D eigenvalue weighted by Crippen LogP contribution is 2.23. The van der Waals surface area contributed by atoms with Crippen molar-refractivity contribution in [3.05, 3.63) is 59.4 Å². The lowest BCUT2D eigenvalue weighted by molar-refractivity contribution is 0.0690. The maximum Gasteiger partial charge on any atom is 0.354 e. The number of hydrogen-bond donors (Lipinski definition) is 2. The molecule has 1 aromatic carbocycles. The van der Waals surface area contributed by atoms with Crippen molar-refractivity contribution in [1.29, 1.82) is 0 Å². The van der Waals surface area contributed by atoms with Crippen LogP contribution in [0.25, 0.3) is 0 Å². The zero-order valence-corrected chi connectivity index (χ0v) is 10.9. The molecular weight excluding hydrogens is 262 g/mol. The molecule has 0 bridgehead atoms. The van der Waals surface area contributed by atoms with Gasteiger partial charge in [0.05, 0.1) is 6.61 Å².